The predicted octanol–water partition coefficient (Wildman–Crippen LogP) is 4.32. The van der Waals surface area contributed by atoms with Crippen molar-refractivity contribution in [2.45, 2.75) is 29.7 Å². The molecular weight excluding hydrogens is 435 g/mol. The lowest BCUT2D eigenvalue weighted by molar-refractivity contribution is 0.171. The molecule has 2 aliphatic heterocycles. The first-order valence-electron chi connectivity index (χ1n) is 10.6. The molecular formula is C23H23FN2O5S. The predicted molar refractivity (Wildman–Crippen MR) is 115 cm³/mol. The Bertz CT molecular complexity index is 1260. The van der Waals surface area contributed by atoms with Crippen molar-refractivity contribution < 1.29 is 26.7 Å². The molecule has 1 atom stereocenters. The maximum absolute atomic E-state index is 14.4. The molecule has 0 spiro atoms. The number of oxazole rings is 1. The molecule has 2 aliphatic rings. The number of benzene rings is 2. The Morgan fingerprint density at radius 2 is 1.88 bits per heavy atom. The van der Waals surface area contributed by atoms with Crippen molar-refractivity contribution in [3.8, 4) is 23.0 Å². The van der Waals surface area contributed by atoms with Gasteiger partial charge in [0.2, 0.25) is 26.6 Å². The standard InChI is InChI=1S/C23H23FN2O5S/c1-15-5-4-10-26(14-15)23-22(25-21(31-23)17-6-2-3-7-18(17)24)32(27,28)16-8-9-19-20(13-16)30-12-11-29-19/h2-3,6-9,13,15H,4-5,10-12,14H2,1H3. The normalized spacial score (nSPS) is 18.6. The second kappa shape index (κ2) is 8.12. The summed E-state index contributed by atoms with van der Waals surface area (Å²) in [5.74, 6) is 0.777. The topological polar surface area (TPSA) is 81.9 Å². The molecule has 0 radical (unpaired) electrons. The maximum Gasteiger partial charge on any atom is 0.236 e. The third-order valence-electron chi connectivity index (χ3n) is 5.71. The highest BCUT2D eigenvalue weighted by Gasteiger charge is 2.34. The number of hydrogen-bond donors (Lipinski definition) is 0. The summed E-state index contributed by atoms with van der Waals surface area (Å²) in [7, 11) is -4.07. The van der Waals surface area contributed by atoms with Crippen LogP contribution in [0.2, 0.25) is 0 Å². The summed E-state index contributed by atoms with van der Waals surface area (Å²) in [5.41, 5.74) is 0.113. The number of aromatic nitrogens is 1. The number of fused-ring (bicyclic) bond motifs is 1. The Morgan fingerprint density at radius 3 is 2.66 bits per heavy atom. The Balaban J connectivity index is 1.64. The van der Waals surface area contributed by atoms with E-state index in [-0.39, 0.29) is 27.3 Å². The van der Waals surface area contributed by atoms with E-state index in [0.717, 1.165) is 12.8 Å². The highest BCUT2D eigenvalue weighted by molar-refractivity contribution is 7.91. The molecule has 1 fully saturated rings. The first-order chi connectivity index (χ1) is 15.4. The molecule has 1 aromatic heterocycles. The van der Waals surface area contributed by atoms with Crippen molar-refractivity contribution in [2.24, 2.45) is 5.92 Å². The van der Waals surface area contributed by atoms with Gasteiger partial charge in [-0.3, -0.25) is 0 Å². The fourth-order valence-corrected chi connectivity index (χ4v) is 5.44. The molecule has 3 heterocycles. The van der Waals surface area contributed by atoms with Crippen molar-refractivity contribution in [3.05, 3.63) is 48.3 Å². The molecule has 7 nitrogen and oxygen atoms in total. The van der Waals surface area contributed by atoms with E-state index in [1.54, 1.807) is 18.2 Å². The number of anilines is 1. The molecule has 2 aromatic carbocycles. The lowest BCUT2D eigenvalue weighted by Gasteiger charge is -2.30. The largest absolute Gasteiger partial charge is 0.486 e. The average molecular weight is 459 g/mol. The maximum atomic E-state index is 14.4. The van der Waals surface area contributed by atoms with Crippen LogP contribution in [0.25, 0.3) is 11.5 Å². The molecule has 1 saturated heterocycles. The zero-order valence-electron chi connectivity index (χ0n) is 17.6. The van der Waals surface area contributed by atoms with E-state index in [2.05, 4.69) is 11.9 Å². The van der Waals surface area contributed by atoms with Gasteiger partial charge in [-0.05, 0) is 43.0 Å². The van der Waals surface area contributed by atoms with Crippen LogP contribution in [0, 0.1) is 11.7 Å². The van der Waals surface area contributed by atoms with Crippen LogP contribution in [0.3, 0.4) is 0 Å². The molecule has 1 unspecified atom stereocenters. The number of nitrogens with zero attached hydrogens (tertiary/aromatic N) is 2. The van der Waals surface area contributed by atoms with Crippen molar-refractivity contribution in [1.29, 1.82) is 0 Å². The van der Waals surface area contributed by atoms with E-state index in [9.17, 15) is 12.8 Å². The molecule has 0 saturated carbocycles. The molecule has 3 aromatic rings. The minimum Gasteiger partial charge on any atom is -0.486 e. The van der Waals surface area contributed by atoms with E-state index in [0.29, 0.717) is 43.7 Å². The van der Waals surface area contributed by atoms with Crippen molar-refractivity contribution >= 4 is 15.7 Å². The molecule has 5 rings (SSSR count). The number of hydrogen-bond acceptors (Lipinski definition) is 7. The summed E-state index contributed by atoms with van der Waals surface area (Å²) in [4.78, 5) is 6.19. The zero-order valence-corrected chi connectivity index (χ0v) is 18.4. The molecule has 0 N–H and O–H groups in total. The van der Waals surface area contributed by atoms with Crippen LogP contribution in [-0.2, 0) is 9.84 Å². The number of sulfone groups is 1. The highest BCUT2D eigenvalue weighted by atomic mass is 32.2. The monoisotopic (exact) mass is 458 g/mol. The second-order valence-corrected chi connectivity index (χ2v) is 9.98. The SMILES string of the molecule is CC1CCCN(c2oc(-c3ccccc3F)nc2S(=O)(=O)c2ccc3c(c2)OCCO3)C1. The summed E-state index contributed by atoms with van der Waals surface area (Å²) >= 11 is 0. The second-order valence-electron chi connectivity index (χ2n) is 8.11. The van der Waals surface area contributed by atoms with Crippen LogP contribution in [0.4, 0.5) is 10.3 Å². The van der Waals surface area contributed by atoms with E-state index < -0.39 is 15.7 Å². The van der Waals surface area contributed by atoms with Crippen LogP contribution >= 0.6 is 0 Å². The highest BCUT2D eigenvalue weighted by Crippen LogP contribution is 2.39. The van der Waals surface area contributed by atoms with Gasteiger partial charge in [-0.1, -0.05) is 19.1 Å². The number of ether oxygens (including phenoxy) is 2. The van der Waals surface area contributed by atoms with Gasteiger partial charge in [0.25, 0.3) is 0 Å². The van der Waals surface area contributed by atoms with E-state index in [1.807, 2.05) is 4.90 Å². The Hall–Kier alpha value is -3.07. The van der Waals surface area contributed by atoms with Crippen molar-refractivity contribution in [3.63, 3.8) is 0 Å². The quantitative estimate of drug-likeness (QED) is 0.576. The molecule has 0 amide bonds. The fourth-order valence-electron chi connectivity index (χ4n) is 4.10. The lowest BCUT2D eigenvalue weighted by Crippen LogP contribution is -2.34. The Kier molecular flexibility index (Phi) is 5.28. The molecule has 0 bridgehead atoms. The van der Waals surface area contributed by atoms with Gasteiger partial charge in [-0.2, -0.15) is 4.98 Å². The van der Waals surface area contributed by atoms with E-state index in [1.165, 1.54) is 24.3 Å². The third-order valence-corrected chi connectivity index (χ3v) is 7.36. The summed E-state index contributed by atoms with van der Waals surface area (Å²) in [6, 6.07) is 10.5. The third kappa shape index (κ3) is 3.70. The van der Waals surface area contributed by atoms with Gasteiger partial charge in [0, 0.05) is 19.2 Å². The fraction of sp³-hybridized carbons (Fsp3) is 0.348. The minimum atomic E-state index is -4.07. The van der Waals surface area contributed by atoms with Crippen LogP contribution < -0.4 is 14.4 Å². The van der Waals surface area contributed by atoms with Crippen molar-refractivity contribution in [1.82, 2.24) is 4.98 Å². The summed E-state index contributed by atoms with van der Waals surface area (Å²) in [6.07, 6.45) is 1.95. The van der Waals surface area contributed by atoms with Gasteiger partial charge < -0.3 is 18.8 Å². The van der Waals surface area contributed by atoms with Gasteiger partial charge >= 0.3 is 0 Å². The van der Waals surface area contributed by atoms with Crippen LogP contribution in [-0.4, -0.2) is 39.7 Å². The number of piperidine rings is 1. The van der Waals surface area contributed by atoms with E-state index >= 15 is 0 Å². The zero-order chi connectivity index (χ0) is 22.3. The number of halogens is 1. The van der Waals surface area contributed by atoms with Crippen LogP contribution in [0.15, 0.2) is 56.8 Å². The lowest BCUT2D eigenvalue weighted by atomic mass is 10.0. The van der Waals surface area contributed by atoms with Crippen LogP contribution in [0.5, 0.6) is 11.5 Å². The first-order valence-corrected chi connectivity index (χ1v) is 12.1. The Morgan fingerprint density at radius 1 is 1.09 bits per heavy atom. The molecule has 9 heteroatoms. The molecule has 168 valence electrons. The number of rotatable bonds is 4. The molecule has 32 heavy (non-hydrogen) atoms. The molecule has 0 aliphatic carbocycles. The summed E-state index contributed by atoms with van der Waals surface area (Å²) in [6.45, 7) is 4.13. The summed E-state index contributed by atoms with van der Waals surface area (Å²) in [5, 5.41) is -0.221. The average Bonchev–Trinajstić information content (AvgIpc) is 3.25. The van der Waals surface area contributed by atoms with Crippen LogP contribution in [0.1, 0.15) is 19.8 Å². The minimum absolute atomic E-state index is 0.0152. The van der Waals surface area contributed by atoms with Gasteiger partial charge in [0.1, 0.15) is 19.0 Å². The van der Waals surface area contributed by atoms with Crippen molar-refractivity contribution in [2.75, 3.05) is 31.2 Å². The smallest absolute Gasteiger partial charge is 0.236 e. The van der Waals surface area contributed by atoms with E-state index in [4.69, 9.17) is 13.9 Å². The first kappa shape index (κ1) is 20.8. The van der Waals surface area contributed by atoms with Gasteiger partial charge in [-0.15, -0.1) is 0 Å². The Labute approximate surface area is 185 Å². The van der Waals surface area contributed by atoms with Gasteiger partial charge in [-0.25, -0.2) is 12.8 Å². The van der Waals surface area contributed by atoms with Gasteiger partial charge in [0.15, 0.2) is 11.5 Å². The van der Waals surface area contributed by atoms with Gasteiger partial charge in [0.05, 0.1) is 10.5 Å². The summed E-state index contributed by atoms with van der Waals surface area (Å²) < 4.78 is 58.7.